The second-order valence-corrected chi connectivity index (χ2v) is 8.99. The number of benzene rings is 1. The maximum Gasteiger partial charge on any atom is 0.252 e. The molecule has 23 heavy (non-hydrogen) atoms. The highest BCUT2D eigenvalue weighted by Gasteiger charge is 2.29. The van der Waals surface area contributed by atoms with Gasteiger partial charge in [0, 0.05) is 31.9 Å². The lowest BCUT2D eigenvalue weighted by Gasteiger charge is -2.35. The van der Waals surface area contributed by atoms with Crippen molar-refractivity contribution in [3.8, 4) is 6.07 Å². The first kappa shape index (κ1) is 16.3. The first-order valence-corrected chi connectivity index (χ1v) is 9.65. The van der Waals surface area contributed by atoms with E-state index in [9.17, 15) is 8.42 Å². The molecule has 2 aromatic rings. The van der Waals surface area contributed by atoms with Gasteiger partial charge in [0.15, 0.2) is 0 Å². The second-order valence-electron chi connectivity index (χ2n) is 5.11. The van der Waals surface area contributed by atoms with Gasteiger partial charge in [0.05, 0.1) is 16.0 Å². The minimum absolute atomic E-state index is 0.286. The predicted molar refractivity (Wildman–Crippen MR) is 91.5 cm³/mol. The maximum absolute atomic E-state index is 12.6. The predicted octanol–water partition coefficient (Wildman–Crippen LogP) is 2.78. The maximum atomic E-state index is 12.6. The van der Waals surface area contributed by atoms with E-state index in [0.717, 1.165) is 17.0 Å². The number of rotatable bonds is 3. The lowest BCUT2D eigenvalue weighted by atomic mass is 10.2. The van der Waals surface area contributed by atoms with Gasteiger partial charge in [-0.2, -0.15) is 9.57 Å². The monoisotopic (exact) mass is 367 g/mol. The molecule has 8 heteroatoms. The van der Waals surface area contributed by atoms with Crippen molar-refractivity contribution in [3.63, 3.8) is 0 Å². The van der Waals surface area contributed by atoms with Crippen molar-refractivity contribution in [1.29, 1.82) is 5.26 Å². The number of piperazine rings is 1. The summed E-state index contributed by atoms with van der Waals surface area (Å²) in [4.78, 5) is 2.12. The van der Waals surface area contributed by atoms with Crippen molar-refractivity contribution in [3.05, 3.63) is 46.3 Å². The molecule has 120 valence electrons. The number of thiophene rings is 1. The zero-order valence-corrected chi connectivity index (χ0v) is 14.5. The zero-order chi connectivity index (χ0) is 16.4. The SMILES string of the molecule is N#Cc1ccc(N2CCN(S(=O)(=O)c3ccc(Cl)s3)CC2)cc1. The molecule has 2 heterocycles. The standard InChI is InChI=1S/C15H14ClN3O2S2/c16-14-5-6-15(22-14)23(20,21)19-9-7-18(8-10-19)13-3-1-12(11-17)2-4-13/h1-6H,7-10H2. The Balaban J connectivity index is 1.69. The van der Waals surface area contributed by atoms with Crippen LogP contribution in [0.1, 0.15) is 5.56 Å². The van der Waals surface area contributed by atoms with Crippen molar-refractivity contribution in [2.75, 3.05) is 31.1 Å². The van der Waals surface area contributed by atoms with Crippen molar-refractivity contribution in [2.24, 2.45) is 0 Å². The molecule has 0 bridgehead atoms. The van der Waals surface area contributed by atoms with Gasteiger partial charge in [-0.3, -0.25) is 0 Å². The van der Waals surface area contributed by atoms with Crippen LogP contribution in [0.5, 0.6) is 0 Å². The summed E-state index contributed by atoms with van der Waals surface area (Å²) in [7, 11) is -3.46. The molecular weight excluding hydrogens is 354 g/mol. The first-order chi connectivity index (χ1) is 11.0. The lowest BCUT2D eigenvalue weighted by Crippen LogP contribution is -2.48. The van der Waals surface area contributed by atoms with Gasteiger partial charge in [0.1, 0.15) is 4.21 Å². The molecule has 1 aliphatic rings. The van der Waals surface area contributed by atoms with Crippen molar-refractivity contribution >= 4 is 38.6 Å². The summed E-state index contributed by atoms with van der Waals surface area (Å²) in [5.41, 5.74) is 1.62. The van der Waals surface area contributed by atoms with Crippen molar-refractivity contribution in [1.82, 2.24) is 4.31 Å². The minimum Gasteiger partial charge on any atom is -0.369 e. The Labute approximate surface area is 144 Å². The minimum atomic E-state index is -3.46. The van der Waals surface area contributed by atoms with Crippen LogP contribution in [-0.2, 0) is 10.0 Å². The van der Waals surface area contributed by atoms with Crippen molar-refractivity contribution < 1.29 is 8.42 Å². The molecule has 1 aromatic heterocycles. The van der Waals surface area contributed by atoms with E-state index in [1.54, 1.807) is 24.3 Å². The summed E-state index contributed by atoms with van der Waals surface area (Å²) in [6.07, 6.45) is 0. The van der Waals surface area contributed by atoms with Gasteiger partial charge in [-0.1, -0.05) is 11.6 Å². The van der Waals surface area contributed by atoms with Gasteiger partial charge in [0.25, 0.3) is 10.0 Å². The third-order valence-corrected chi connectivity index (χ3v) is 7.34. The van der Waals surface area contributed by atoms with E-state index in [1.165, 1.54) is 4.31 Å². The summed E-state index contributed by atoms with van der Waals surface area (Å²) in [5.74, 6) is 0. The topological polar surface area (TPSA) is 64.4 Å². The van der Waals surface area contributed by atoms with Crippen LogP contribution in [0.3, 0.4) is 0 Å². The third kappa shape index (κ3) is 3.35. The van der Waals surface area contributed by atoms with Crippen LogP contribution in [0.15, 0.2) is 40.6 Å². The smallest absolute Gasteiger partial charge is 0.252 e. The molecule has 5 nitrogen and oxygen atoms in total. The molecule has 1 aromatic carbocycles. The number of hydrogen-bond acceptors (Lipinski definition) is 5. The van der Waals surface area contributed by atoms with E-state index in [4.69, 9.17) is 16.9 Å². The molecule has 0 N–H and O–H groups in total. The van der Waals surface area contributed by atoms with Gasteiger partial charge < -0.3 is 4.90 Å². The van der Waals surface area contributed by atoms with E-state index in [2.05, 4.69) is 11.0 Å². The number of sulfonamides is 1. The van der Waals surface area contributed by atoms with Crippen LogP contribution in [0.25, 0.3) is 0 Å². The molecule has 1 fully saturated rings. The average Bonchev–Trinajstić information content (AvgIpc) is 3.02. The Kier molecular flexibility index (Phi) is 4.60. The molecule has 0 atom stereocenters. The number of halogens is 1. The average molecular weight is 368 g/mol. The number of nitriles is 1. The molecule has 3 rings (SSSR count). The number of nitrogens with zero attached hydrogens (tertiary/aromatic N) is 3. The zero-order valence-electron chi connectivity index (χ0n) is 12.1. The summed E-state index contributed by atoms with van der Waals surface area (Å²) < 4.78 is 27.4. The van der Waals surface area contributed by atoms with Crippen molar-refractivity contribution in [2.45, 2.75) is 4.21 Å². The van der Waals surface area contributed by atoms with Crippen LogP contribution in [-0.4, -0.2) is 38.9 Å². The Morgan fingerprint density at radius 1 is 1.04 bits per heavy atom. The normalized spacial score (nSPS) is 16.3. The fourth-order valence-corrected chi connectivity index (χ4v) is 5.56. The Bertz CT molecular complexity index is 832. The van der Waals surface area contributed by atoms with Gasteiger partial charge in [-0.25, -0.2) is 8.42 Å². The third-order valence-electron chi connectivity index (χ3n) is 3.74. The quantitative estimate of drug-likeness (QED) is 0.836. The van der Waals surface area contributed by atoms with Crippen LogP contribution in [0, 0.1) is 11.3 Å². The molecule has 0 radical (unpaired) electrons. The second kappa shape index (κ2) is 6.49. The Morgan fingerprint density at radius 2 is 1.70 bits per heavy atom. The summed E-state index contributed by atoms with van der Waals surface area (Å²) >= 11 is 6.92. The molecular formula is C15H14ClN3O2S2. The molecule has 0 amide bonds. The highest BCUT2D eigenvalue weighted by atomic mass is 35.5. The summed E-state index contributed by atoms with van der Waals surface area (Å²) in [6, 6.07) is 12.6. The van der Waals surface area contributed by atoms with Crippen LogP contribution in [0.2, 0.25) is 4.34 Å². The summed E-state index contributed by atoms with van der Waals surface area (Å²) in [6.45, 7) is 2.09. The molecule has 0 saturated carbocycles. The van der Waals surface area contributed by atoms with Crippen LogP contribution >= 0.6 is 22.9 Å². The van der Waals surface area contributed by atoms with E-state index in [1.807, 2.05) is 12.1 Å². The van der Waals surface area contributed by atoms with Crippen LogP contribution < -0.4 is 4.90 Å². The number of hydrogen-bond donors (Lipinski definition) is 0. The molecule has 0 unspecified atom stereocenters. The van der Waals surface area contributed by atoms with Crippen LogP contribution in [0.4, 0.5) is 5.69 Å². The first-order valence-electron chi connectivity index (χ1n) is 7.01. The fraction of sp³-hybridized carbons (Fsp3) is 0.267. The van der Waals surface area contributed by atoms with Gasteiger partial charge >= 0.3 is 0 Å². The van der Waals surface area contributed by atoms with Gasteiger partial charge in [0.2, 0.25) is 0 Å². The van der Waals surface area contributed by atoms with E-state index in [0.29, 0.717) is 36.1 Å². The molecule has 0 aliphatic carbocycles. The highest BCUT2D eigenvalue weighted by molar-refractivity contribution is 7.91. The number of anilines is 1. The molecule has 1 saturated heterocycles. The van der Waals surface area contributed by atoms with E-state index < -0.39 is 10.0 Å². The molecule has 1 aliphatic heterocycles. The lowest BCUT2D eigenvalue weighted by molar-refractivity contribution is 0.386. The molecule has 0 spiro atoms. The van der Waals surface area contributed by atoms with E-state index in [-0.39, 0.29) is 4.21 Å². The Morgan fingerprint density at radius 3 is 2.22 bits per heavy atom. The van der Waals surface area contributed by atoms with E-state index >= 15 is 0 Å². The highest BCUT2D eigenvalue weighted by Crippen LogP contribution is 2.29. The fourth-order valence-electron chi connectivity index (χ4n) is 2.50. The Hall–Kier alpha value is -1.59. The summed E-state index contributed by atoms with van der Waals surface area (Å²) in [5, 5.41) is 8.83. The largest absolute Gasteiger partial charge is 0.369 e. The van der Waals surface area contributed by atoms with Gasteiger partial charge in [-0.15, -0.1) is 11.3 Å². The van der Waals surface area contributed by atoms with Gasteiger partial charge in [-0.05, 0) is 36.4 Å².